The molecule has 0 N–H and O–H groups in total. The standard InChI is InChI=1S/C21H24N3.C19H21N4.C18H18N3O.C18H18N3S.C10H14N5.13C2H6/c1-11-9-8-10-17-18(11)21-23(7)22-16(6)24(21)20-15(5)13(3)12(2)14(4)19(17)20;1-12-10-16-14-8-6-7-9-17(14)22(4)18(16)11-15(12)19-21(3)13(2)20-23(19)5;2*1-11-9-15-13-7-5-6-8-16(13)22-17(15)10-14(11)18-20(3)12(2)19-21(18)4;1-7-5-11-6-12-9(7)10-14(3)8(2)13-15(10)4;13*1-2/h8-10H,1-7H3;6-11H,1-5H3;2*5-10H,1-4H3;5-6H,1-4H3;13*1-2H3/q5*+1;;;;;;;;;;;;;. The highest BCUT2D eigenvalue weighted by Gasteiger charge is 2.30. The number of pyridine rings is 1. The number of rotatable bonds is 4. The third-order valence-electron chi connectivity index (χ3n) is 21.9. The lowest BCUT2D eigenvalue weighted by atomic mass is 9.91. The van der Waals surface area contributed by atoms with Crippen LogP contribution in [0.4, 0.5) is 0 Å². The Morgan fingerprint density at radius 3 is 1.16 bits per heavy atom. The van der Waals surface area contributed by atoms with E-state index in [-0.39, 0.29) is 0 Å². The van der Waals surface area contributed by atoms with Crippen LogP contribution < -0.4 is 22.7 Å². The van der Waals surface area contributed by atoms with Crippen LogP contribution in [0.3, 0.4) is 0 Å². The largest absolute Gasteiger partial charge is 0.456 e. The molecule has 0 amide bonds. The molecule has 0 aliphatic rings. The molecule has 0 aliphatic heterocycles. The third kappa shape index (κ3) is 25.2. The van der Waals surface area contributed by atoms with Gasteiger partial charge in [-0.15, -0.1) is 34.7 Å². The summed E-state index contributed by atoms with van der Waals surface area (Å²) in [6, 6.07) is 45.5. The van der Waals surface area contributed by atoms with Gasteiger partial charge in [0.15, 0.2) is 0 Å². The van der Waals surface area contributed by atoms with Crippen LogP contribution in [0.25, 0.3) is 137 Å². The van der Waals surface area contributed by atoms with Crippen molar-refractivity contribution in [3.8, 4) is 45.7 Å². The molecule has 0 saturated heterocycles. The average Bonchev–Trinajstić information content (AvgIpc) is 1.46. The van der Waals surface area contributed by atoms with Gasteiger partial charge in [0, 0.05) is 131 Å². The van der Waals surface area contributed by atoms with Gasteiger partial charge in [0.1, 0.15) is 28.7 Å². The fourth-order valence-electron chi connectivity index (χ4n) is 15.8. The SMILES string of the molecule is CC.CC.CC.CC.CC.CC.CC.CC.CC.CC.CC.CC.CC.Cc1c(C)c(C)c2c(c1C)c1cccc(C)c1c1n(C)nc(C)[n+]21.Cc1cc2c(cc1-c1n(C)nc(C)[n+]1C)oc1ccccc12.Cc1cc2c(cc1-c1n(C)nc(C)[n+]1C)sc1ccccc12.Cc1cc2c3ccccc3n(C)c2cc1-c1n(C)nc(C)[n+]1C.Cc1cncnc1-c1n(C)nc(C)[n+]1C. The Balaban J connectivity index is 0.000000779. The summed E-state index contributed by atoms with van der Waals surface area (Å²) in [4.78, 5) is 8.28. The highest BCUT2D eigenvalue weighted by Crippen LogP contribution is 2.40. The van der Waals surface area contributed by atoms with Gasteiger partial charge in [-0.05, 0) is 172 Å². The number of hydrogen-bond donors (Lipinski definition) is 0. The topological polar surface area (TPSA) is 153 Å². The first kappa shape index (κ1) is 118. The Hall–Kier alpha value is -11.6. The van der Waals surface area contributed by atoms with E-state index in [1.54, 1.807) is 6.33 Å². The summed E-state index contributed by atoms with van der Waals surface area (Å²) in [5.41, 5.74) is 23.0. The van der Waals surface area contributed by atoms with Crippen LogP contribution in [-0.4, -0.2) is 63.4 Å². The normalized spacial score (nSPS) is 9.89. The lowest BCUT2D eigenvalue weighted by molar-refractivity contribution is -0.667. The van der Waals surface area contributed by atoms with Gasteiger partial charge in [-0.2, -0.15) is 4.40 Å². The lowest BCUT2D eigenvalue weighted by Gasteiger charge is -2.16. The summed E-state index contributed by atoms with van der Waals surface area (Å²) in [6.07, 6.45) is 3.37. The highest BCUT2D eigenvalue weighted by molar-refractivity contribution is 7.25. The number of fused-ring (bicyclic) bond motifs is 15. The maximum atomic E-state index is 6.02. The minimum absolute atomic E-state index is 0.917. The van der Waals surface area contributed by atoms with Gasteiger partial charge >= 0.3 is 0 Å². The van der Waals surface area contributed by atoms with Crippen molar-refractivity contribution >= 4 is 103 Å². The maximum Gasteiger partial charge on any atom is 0.286 e. The molecule has 0 unspecified atom stereocenters. The quantitative estimate of drug-likeness (QED) is 0.125. The van der Waals surface area contributed by atoms with E-state index in [1.807, 2.05) is 328 Å². The molecule has 18 rings (SSSR count). The summed E-state index contributed by atoms with van der Waals surface area (Å²) >= 11 is 1.86. The smallest absolute Gasteiger partial charge is 0.286 e. The zero-order valence-electron chi connectivity index (χ0n) is 91.6. The summed E-state index contributed by atoms with van der Waals surface area (Å²) < 4.78 is 31.5. The lowest BCUT2D eigenvalue weighted by Crippen LogP contribution is -2.33. The molecule has 0 radical (unpaired) electrons. The molecule has 10 aromatic heterocycles. The average molecular weight is 1820 g/mol. The van der Waals surface area contributed by atoms with Crippen molar-refractivity contribution in [1.82, 2.24) is 63.4 Å². The monoisotopic (exact) mass is 1820 g/mol. The summed E-state index contributed by atoms with van der Waals surface area (Å²) in [5, 5.41) is 34.3. The van der Waals surface area contributed by atoms with Crippen molar-refractivity contribution in [2.45, 2.75) is 277 Å². The van der Waals surface area contributed by atoms with E-state index in [4.69, 9.17) is 9.52 Å². The van der Waals surface area contributed by atoms with E-state index < -0.39 is 0 Å². The fourth-order valence-corrected chi connectivity index (χ4v) is 17.0. The fraction of sp³-hybridized carbons (Fsp3) is 0.446. The van der Waals surface area contributed by atoms with Crippen molar-refractivity contribution in [1.29, 1.82) is 0 Å². The van der Waals surface area contributed by atoms with E-state index in [0.29, 0.717) is 0 Å². The predicted molar refractivity (Wildman–Crippen MR) is 574 cm³/mol. The van der Waals surface area contributed by atoms with Crippen LogP contribution in [-0.2, 0) is 70.5 Å². The van der Waals surface area contributed by atoms with E-state index in [1.165, 1.54) is 130 Å². The van der Waals surface area contributed by atoms with Crippen LogP contribution in [0.2, 0.25) is 0 Å². The van der Waals surface area contributed by atoms with Gasteiger partial charge in [0.25, 0.3) is 58.1 Å². The van der Waals surface area contributed by atoms with Crippen LogP contribution in [0.1, 0.15) is 259 Å². The van der Waals surface area contributed by atoms with Gasteiger partial charge in [-0.3, -0.25) is 0 Å². The number of hydrogen-bond acceptors (Lipinski definition) is 9. The van der Waals surface area contributed by atoms with E-state index in [9.17, 15) is 0 Å². The number of para-hydroxylation sites is 2. The van der Waals surface area contributed by atoms with Gasteiger partial charge in [0.2, 0.25) is 0 Å². The molecule has 18 aromatic rings. The first-order chi connectivity index (χ1) is 63.6. The Kier molecular flexibility index (Phi) is 51.7. The van der Waals surface area contributed by atoms with Gasteiger partial charge < -0.3 is 8.98 Å². The number of aryl methyl sites for hydroxylation is 18. The van der Waals surface area contributed by atoms with Crippen molar-refractivity contribution in [2.75, 3.05) is 0 Å². The Labute approximate surface area is 800 Å². The second-order valence-corrected chi connectivity index (χ2v) is 29.7. The Morgan fingerprint density at radius 1 is 0.295 bits per heavy atom. The van der Waals surface area contributed by atoms with E-state index >= 15 is 0 Å². The molecular weight excluding hydrogens is 1650 g/mol. The molecule has 0 saturated carbocycles. The number of benzene rings is 8. The minimum atomic E-state index is 0.917. The zero-order chi connectivity index (χ0) is 101. The second kappa shape index (κ2) is 57.6. The third-order valence-corrected chi connectivity index (χ3v) is 23.1. The second-order valence-electron chi connectivity index (χ2n) is 28.6. The molecule has 132 heavy (non-hydrogen) atoms. The first-order valence-electron chi connectivity index (χ1n) is 48.9. The molecule has 0 fully saturated rings. The molecule has 19 nitrogen and oxygen atoms in total. The number of furan rings is 1. The molecule has 10 heterocycles. The van der Waals surface area contributed by atoms with E-state index in [0.717, 1.165) is 85.8 Å². The highest BCUT2D eigenvalue weighted by atomic mass is 32.1. The van der Waals surface area contributed by atoms with Crippen LogP contribution in [0, 0.1) is 96.9 Å². The number of aromatic nitrogens is 18. The summed E-state index contributed by atoms with van der Waals surface area (Å²) in [7, 11) is 20.3. The molecule has 20 heteroatoms. The van der Waals surface area contributed by atoms with Crippen molar-refractivity contribution in [3.05, 3.63) is 219 Å². The van der Waals surface area contributed by atoms with Gasteiger partial charge in [-0.1, -0.05) is 253 Å². The molecule has 8 aromatic carbocycles. The minimum Gasteiger partial charge on any atom is -0.456 e. The molecule has 0 bridgehead atoms. The Morgan fingerprint density at radius 2 is 0.689 bits per heavy atom. The van der Waals surface area contributed by atoms with Crippen LogP contribution >= 0.6 is 11.3 Å². The van der Waals surface area contributed by atoms with Crippen molar-refractivity contribution in [2.24, 2.45) is 70.5 Å². The summed E-state index contributed by atoms with van der Waals surface area (Å²) in [5.74, 6) is 9.37. The predicted octanol–water partition coefficient (Wildman–Crippen LogP) is 28.5. The Bertz CT molecular complexity index is 6430. The van der Waals surface area contributed by atoms with Crippen molar-refractivity contribution in [3.63, 3.8) is 0 Å². The van der Waals surface area contributed by atoms with Crippen LogP contribution in [0.5, 0.6) is 0 Å². The van der Waals surface area contributed by atoms with Gasteiger partial charge in [0.05, 0.1) is 85.5 Å². The zero-order valence-corrected chi connectivity index (χ0v) is 92.5. The van der Waals surface area contributed by atoms with Crippen LogP contribution in [0.15, 0.2) is 144 Å². The molecular formula is C112H173N18OS+5. The first-order valence-corrected chi connectivity index (χ1v) is 49.7. The molecule has 0 aliphatic carbocycles. The summed E-state index contributed by atoms with van der Waals surface area (Å²) in [6.45, 7) is 81.8. The van der Waals surface area contributed by atoms with Gasteiger partial charge in [-0.25, -0.2) is 28.2 Å². The van der Waals surface area contributed by atoms with Crippen molar-refractivity contribution < 1.29 is 27.1 Å². The number of nitrogens with zero attached hydrogens (tertiary/aromatic N) is 18. The number of thiophene rings is 1. The molecule has 0 spiro atoms. The molecule has 718 valence electrons. The molecule has 0 atom stereocenters. The maximum absolute atomic E-state index is 6.02. The van der Waals surface area contributed by atoms with E-state index in [2.05, 4.69) is 246 Å².